The van der Waals surface area contributed by atoms with E-state index in [0.717, 1.165) is 29.9 Å². The molecule has 1 aliphatic rings. The van der Waals surface area contributed by atoms with Gasteiger partial charge in [0.15, 0.2) is 6.61 Å². The van der Waals surface area contributed by atoms with Gasteiger partial charge in [-0.25, -0.2) is 9.37 Å². The minimum Gasteiger partial charge on any atom is -0.484 e. The first-order valence-corrected chi connectivity index (χ1v) is 9.78. The summed E-state index contributed by atoms with van der Waals surface area (Å²) < 4.78 is 18.6. The number of likely N-dealkylation sites (tertiary alicyclic amines) is 1. The third kappa shape index (κ3) is 4.71. The lowest BCUT2D eigenvalue weighted by Gasteiger charge is -2.25. The molecule has 3 aromatic rings. The highest BCUT2D eigenvalue weighted by Gasteiger charge is 2.31. The summed E-state index contributed by atoms with van der Waals surface area (Å²) in [6, 6.07) is 9.39. The SMILES string of the molecule is Cc1cc(Nc2cnccn2)cc(C2CCCN2C(=O)COc2ccc(F)cc2)n1. The Labute approximate surface area is 174 Å². The summed E-state index contributed by atoms with van der Waals surface area (Å²) in [5.74, 6) is 0.643. The van der Waals surface area contributed by atoms with E-state index >= 15 is 0 Å². The molecule has 4 rings (SSSR count). The Morgan fingerprint density at radius 2 is 2.10 bits per heavy atom. The van der Waals surface area contributed by atoms with Crippen LogP contribution < -0.4 is 10.1 Å². The van der Waals surface area contributed by atoms with Crippen LogP contribution in [0.4, 0.5) is 15.9 Å². The van der Waals surface area contributed by atoms with Crippen LogP contribution in [0.2, 0.25) is 0 Å². The fourth-order valence-electron chi connectivity index (χ4n) is 3.58. The van der Waals surface area contributed by atoms with Crippen molar-refractivity contribution in [3.63, 3.8) is 0 Å². The number of rotatable bonds is 6. The van der Waals surface area contributed by atoms with Crippen LogP contribution in [0.5, 0.6) is 5.75 Å². The molecule has 1 aromatic carbocycles. The Morgan fingerprint density at radius 1 is 1.27 bits per heavy atom. The topological polar surface area (TPSA) is 80.2 Å². The minimum atomic E-state index is -0.343. The highest BCUT2D eigenvalue weighted by atomic mass is 19.1. The van der Waals surface area contributed by atoms with Gasteiger partial charge in [-0.1, -0.05) is 0 Å². The molecule has 1 aliphatic heterocycles. The number of carbonyl (C=O) groups is 1. The monoisotopic (exact) mass is 407 g/mol. The zero-order valence-electron chi connectivity index (χ0n) is 16.6. The summed E-state index contributed by atoms with van der Waals surface area (Å²) in [4.78, 5) is 27.6. The van der Waals surface area contributed by atoms with E-state index in [9.17, 15) is 9.18 Å². The molecule has 1 atom stereocenters. The van der Waals surface area contributed by atoms with Gasteiger partial charge in [0.1, 0.15) is 17.4 Å². The van der Waals surface area contributed by atoms with Gasteiger partial charge in [0, 0.05) is 30.3 Å². The number of hydrogen-bond acceptors (Lipinski definition) is 6. The molecular formula is C22H22FN5O2. The van der Waals surface area contributed by atoms with Gasteiger partial charge in [-0.3, -0.25) is 14.8 Å². The second-order valence-corrected chi connectivity index (χ2v) is 7.13. The van der Waals surface area contributed by atoms with Crippen molar-refractivity contribution in [3.05, 3.63) is 72.2 Å². The fraction of sp³-hybridized carbons (Fsp3) is 0.273. The molecule has 8 heteroatoms. The maximum atomic E-state index is 13.0. The first kappa shape index (κ1) is 19.8. The smallest absolute Gasteiger partial charge is 0.261 e. The Balaban J connectivity index is 1.47. The quantitative estimate of drug-likeness (QED) is 0.669. The lowest BCUT2D eigenvalue weighted by molar-refractivity contribution is -0.134. The first-order chi connectivity index (χ1) is 14.6. The van der Waals surface area contributed by atoms with Crippen molar-refractivity contribution < 1.29 is 13.9 Å². The molecule has 0 spiro atoms. The van der Waals surface area contributed by atoms with Crippen LogP contribution in [-0.4, -0.2) is 38.9 Å². The molecule has 2 aromatic heterocycles. The van der Waals surface area contributed by atoms with E-state index in [1.165, 1.54) is 24.3 Å². The lowest BCUT2D eigenvalue weighted by atomic mass is 10.1. The van der Waals surface area contributed by atoms with Crippen LogP contribution in [-0.2, 0) is 4.79 Å². The largest absolute Gasteiger partial charge is 0.484 e. The minimum absolute atomic E-state index is 0.0986. The summed E-state index contributed by atoms with van der Waals surface area (Å²) in [7, 11) is 0. The fourth-order valence-corrected chi connectivity index (χ4v) is 3.58. The van der Waals surface area contributed by atoms with E-state index in [1.807, 2.05) is 19.1 Å². The normalized spacial score (nSPS) is 15.8. The van der Waals surface area contributed by atoms with Crippen LogP contribution in [0.3, 0.4) is 0 Å². The highest BCUT2D eigenvalue weighted by molar-refractivity contribution is 5.78. The molecular weight excluding hydrogens is 385 g/mol. The number of ether oxygens (including phenoxy) is 1. The number of benzene rings is 1. The number of nitrogens with zero attached hydrogens (tertiary/aromatic N) is 4. The maximum absolute atomic E-state index is 13.0. The molecule has 0 bridgehead atoms. The standard InChI is InChI=1S/C22H22FN5O2/c1-15-11-17(27-21-13-24-8-9-25-21)12-19(26-15)20-3-2-10-28(20)22(29)14-30-18-6-4-16(23)5-7-18/h4-9,11-13,20H,2-3,10,14H2,1H3,(H,25,26,27). The number of halogens is 1. The van der Waals surface area contributed by atoms with Gasteiger partial charge in [-0.2, -0.15) is 0 Å². The molecule has 1 fully saturated rings. The van der Waals surface area contributed by atoms with E-state index in [4.69, 9.17) is 4.74 Å². The predicted molar refractivity (Wildman–Crippen MR) is 110 cm³/mol. The third-order valence-electron chi connectivity index (χ3n) is 4.90. The van der Waals surface area contributed by atoms with Gasteiger partial charge < -0.3 is 15.0 Å². The number of aryl methyl sites for hydroxylation is 1. The van der Waals surface area contributed by atoms with E-state index in [1.54, 1.807) is 23.5 Å². The van der Waals surface area contributed by atoms with Crippen LogP contribution in [0, 0.1) is 12.7 Å². The number of hydrogen-bond donors (Lipinski definition) is 1. The van der Waals surface area contributed by atoms with Crippen molar-refractivity contribution in [2.75, 3.05) is 18.5 Å². The van der Waals surface area contributed by atoms with Gasteiger partial charge in [-0.05, 0) is 56.2 Å². The summed E-state index contributed by atoms with van der Waals surface area (Å²) in [6.45, 7) is 2.47. The Bertz CT molecular complexity index is 1010. The van der Waals surface area contributed by atoms with Crippen LogP contribution in [0.15, 0.2) is 55.0 Å². The molecule has 30 heavy (non-hydrogen) atoms. The van der Waals surface area contributed by atoms with Gasteiger partial charge >= 0.3 is 0 Å². The van der Waals surface area contributed by atoms with Gasteiger partial charge in [0.25, 0.3) is 5.91 Å². The predicted octanol–water partition coefficient (Wildman–Crippen LogP) is 3.81. The highest BCUT2D eigenvalue weighted by Crippen LogP contribution is 2.32. The van der Waals surface area contributed by atoms with E-state index in [2.05, 4.69) is 20.3 Å². The molecule has 7 nitrogen and oxygen atoms in total. The van der Waals surface area contributed by atoms with Crippen molar-refractivity contribution in [2.24, 2.45) is 0 Å². The van der Waals surface area contributed by atoms with Crippen molar-refractivity contribution in [3.8, 4) is 5.75 Å². The Morgan fingerprint density at radius 3 is 2.87 bits per heavy atom. The number of aromatic nitrogens is 3. The van der Waals surface area contributed by atoms with Crippen LogP contribution >= 0.6 is 0 Å². The second-order valence-electron chi connectivity index (χ2n) is 7.13. The number of carbonyl (C=O) groups excluding carboxylic acids is 1. The zero-order chi connectivity index (χ0) is 20.9. The average molecular weight is 407 g/mol. The van der Waals surface area contributed by atoms with Crippen molar-refractivity contribution in [2.45, 2.75) is 25.8 Å². The summed E-state index contributed by atoms with van der Waals surface area (Å²) in [6.07, 6.45) is 6.62. The van der Waals surface area contributed by atoms with Crippen molar-refractivity contribution in [1.82, 2.24) is 19.9 Å². The number of amides is 1. The molecule has 0 aliphatic carbocycles. The van der Waals surface area contributed by atoms with E-state index in [-0.39, 0.29) is 24.4 Å². The zero-order valence-corrected chi connectivity index (χ0v) is 16.6. The first-order valence-electron chi connectivity index (χ1n) is 9.78. The summed E-state index contributed by atoms with van der Waals surface area (Å²) in [5.41, 5.74) is 2.52. The van der Waals surface area contributed by atoms with Crippen molar-refractivity contribution in [1.29, 1.82) is 0 Å². The van der Waals surface area contributed by atoms with Crippen molar-refractivity contribution >= 4 is 17.4 Å². The Hall–Kier alpha value is -3.55. The molecule has 1 N–H and O–H groups in total. The van der Waals surface area contributed by atoms with Crippen LogP contribution in [0.1, 0.15) is 30.3 Å². The summed E-state index contributed by atoms with van der Waals surface area (Å²) in [5, 5.41) is 3.23. The van der Waals surface area contributed by atoms with Gasteiger partial charge in [0.05, 0.1) is 17.9 Å². The lowest BCUT2D eigenvalue weighted by Crippen LogP contribution is -2.34. The van der Waals surface area contributed by atoms with Gasteiger partial charge in [-0.15, -0.1) is 0 Å². The average Bonchev–Trinajstić information content (AvgIpc) is 3.24. The molecule has 154 valence electrons. The molecule has 1 amide bonds. The number of anilines is 2. The molecule has 0 radical (unpaired) electrons. The van der Waals surface area contributed by atoms with Gasteiger partial charge in [0.2, 0.25) is 0 Å². The molecule has 1 saturated heterocycles. The third-order valence-corrected chi connectivity index (χ3v) is 4.90. The van der Waals surface area contributed by atoms with Crippen LogP contribution in [0.25, 0.3) is 0 Å². The number of nitrogens with one attached hydrogen (secondary N) is 1. The van der Waals surface area contributed by atoms with E-state index < -0.39 is 0 Å². The number of pyridine rings is 1. The maximum Gasteiger partial charge on any atom is 0.261 e. The second kappa shape index (κ2) is 8.86. The molecule has 0 saturated carbocycles. The van der Waals surface area contributed by atoms with E-state index in [0.29, 0.717) is 18.1 Å². The molecule has 3 heterocycles. The molecule has 1 unspecified atom stereocenters. The summed E-state index contributed by atoms with van der Waals surface area (Å²) >= 11 is 0. The Kier molecular flexibility index (Phi) is 5.83.